The van der Waals surface area contributed by atoms with Crippen molar-refractivity contribution in [2.75, 3.05) is 6.61 Å². The summed E-state index contributed by atoms with van der Waals surface area (Å²) in [7, 11) is 0. The van der Waals surface area contributed by atoms with E-state index in [4.69, 9.17) is 0 Å². The molecule has 0 unspecified atom stereocenters. The van der Waals surface area contributed by atoms with Gasteiger partial charge in [0.2, 0.25) is 0 Å². The van der Waals surface area contributed by atoms with Gasteiger partial charge in [-0.1, -0.05) is 0 Å². The maximum Gasteiger partial charge on any atom is 0.434 e. The van der Waals surface area contributed by atoms with Crippen LogP contribution in [0.15, 0.2) is 22.1 Å². The van der Waals surface area contributed by atoms with E-state index in [1.54, 1.807) is 0 Å². The van der Waals surface area contributed by atoms with Gasteiger partial charge in [0.1, 0.15) is 5.71 Å². The Balaban J connectivity index is 2.57. The fraction of sp³-hybridized carbons (Fsp3) is 0.250. The van der Waals surface area contributed by atoms with E-state index in [2.05, 4.69) is 14.7 Å². The molecule has 86 valence electrons. The second kappa shape index (κ2) is 4.69. The Morgan fingerprint density at radius 3 is 2.75 bits per heavy atom. The van der Waals surface area contributed by atoms with E-state index in [0.717, 1.165) is 6.08 Å². The van der Waals surface area contributed by atoms with Crippen LogP contribution in [-0.4, -0.2) is 36.7 Å². The van der Waals surface area contributed by atoms with Crippen molar-refractivity contribution in [3.63, 3.8) is 0 Å². The first-order valence-electron chi connectivity index (χ1n) is 3.96. The van der Waals surface area contributed by atoms with Gasteiger partial charge in [-0.3, -0.25) is 4.79 Å². The summed E-state index contributed by atoms with van der Waals surface area (Å²) >= 11 is 0. The molecule has 0 bridgehead atoms. The number of halogens is 3. The third-order valence-corrected chi connectivity index (χ3v) is 1.32. The van der Waals surface area contributed by atoms with Gasteiger partial charge >= 0.3 is 12.3 Å². The number of rotatable bonds is 1. The number of ether oxygens (including phenoxy) is 1. The maximum absolute atomic E-state index is 11.6. The van der Waals surface area contributed by atoms with Crippen molar-refractivity contribution in [3.8, 4) is 0 Å². The number of hydrogen-bond donors (Lipinski definition) is 0. The van der Waals surface area contributed by atoms with Crippen molar-refractivity contribution in [2.45, 2.75) is 6.18 Å². The first kappa shape index (κ1) is 12.1. The van der Waals surface area contributed by atoms with Crippen molar-refractivity contribution >= 4 is 23.9 Å². The zero-order chi connectivity index (χ0) is 12.2. The van der Waals surface area contributed by atoms with Crippen LogP contribution in [0.5, 0.6) is 0 Å². The van der Waals surface area contributed by atoms with Crippen LogP contribution in [0, 0.1) is 0 Å². The molecular formula is C8H5F3N2O3. The number of carbonyl (C=O) groups excluding carboxylic acids is 2. The zero-order valence-electron chi connectivity index (χ0n) is 7.69. The molecule has 1 aliphatic rings. The van der Waals surface area contributed by atoms with Crippen molar-refractivity contribution in [1.29, 1.82) is 0 Å². The third-order valence-electron chi connectivity index (χ3n) is 1.32. The molecular weight excluding hydrogens is 229 g/mol. The zero-order valence-corrected chi connectivity index (χ0v) is 7.69. The second-order valence-corrected chi connectivity index (χ2v) is 2.61. The topological polar surface area (TPSA) is 68.1 Å². The van der Waals surface area contributed by atoms with E-state index < -0.39 is 24.8 Å². The van der Waals surface area contributed by atoms with Crippen molar-refractivity contribution in [2.24, 2.45) is 9.98 Å². The quantitative estimate of drug-likeness (QED) is 0.686. The number of amides is 2. The van der Waals surface area contributed by atoms with Gasteiger partial charge in [0, 0.05) is 6.21 Å². The highest BCUT2D eigenvalue weighted by molar-refractivity contribution is 6.47. The fourth-order valence-electron chi connectivity index (χ4n) is 0.742. The van der Waals surface area contributed by atoms with Crippen LogP contribution in [0.1, 0.15) is 0 Å². The van der Waals surface area contributed by atoms with Crippen LogP contribution in [0.25, 0.3) is 0 Å². The summed E-state index contributed by atoms with van der Waals surface area (Å²) in [6.45, 7) is -1.75. The predicted octanol–water partition coefficient (Wildman–Crippen LogP) is 1.29. The van der Waals surface area contributed by atoms with Crippen LogP contribution in [0.3, 0.4) is 0 Å². The minimum Gasteiger partial charge on any atom is -0.438 e. The Hall–Kier alpha value is -1.99. The highest BCUT2D eigenvalue weighted by Crippen LogP contribution is 2.14. The molecule has 5 nitrogen and oxygen atoms in total. The van der Waals surface area contributed by atoms with E-state index in [1.807, 2.05) is 0 Å². The molecule has 8 heteroatoms. The molecule has 0 fully saturated rings. The smallest absolute Gasteiger partial charge is 0.434 e. The second-order valence-electron chi connectivity index (χ2n) is 2.61. The number of alkyl halides is 3. The van der Waals surface area contributed by atoms with Crippen LogP contribution >= 0.6 is 0 Å². The molecule has 0 atom stereocenters. The molecule has 0 aromatic carbocycles. The van der Waals surface area contributed by atoms with Crippen molar-refractivity contribution < 1.29 is 27.5 Å². The van der Waals surface area contributed by atoms with E-state index in [9.17, 15) is 22.8 Å². The predicted molar refractivity (Wildman–Crippen MR) is 47.5 cm³/mol. The van der Waals surface area contributed by atoms with Crippen LogP contribution in [0.4, 0.5) is 18.0 Å². The van der Waals surface area contributed by atoms with E-state index >= 15 is 0 Å². The summed E-state index contributed by atoms with van der Waals surface area (Å²) < 4.78 is 38.7. The molecule has 16 heavy (non-hydrogen) atoms. The number of hydrogen-bond acceptors (Lipinski definition) is 3. The number of allylic oxidation sites excluding steroid dienone is 1. The molecule has 2 amide bonds. The number of aliphatic imine (C=N–C) groups is 2. The maximum atomic E-state index is 11.6. The van der Waals surface area contributed by atoms with Gasteiger partial charge in [-0.15, -0.1) is 0 Å². The summed E-state index contributed by atoms with van der Waals surface area (Å²) in [5.41, 5.74) is -0.366. The lowest BCUT2D eigenvalue weighted by molar-refractivity contribution is -0.159. The largest absolute Gasteiger partial charge is 0.438 e. The summed E-state index contributed by atoms with van der Waals surface area (Å²) in [5, 5.41) is 0. The SMILES string of the molecule is O=C(/N=C1/C=CC=NC1=O)OCC(F)(F)F. The van der Waals surface area contributed by atoms with Crippen LogP contribution in [-0.2, 0) is 9.53 Å². The average Bonchev–Trinajstić information content (AvgIpc) is 2.18. The fourth-order valence-corrected chi connectivity index (χ4v) is 0.742. The van der Waals surface area contributed by atoms with Gasteiger partial charge in [-0.25, -0.2) is 9.79 Å². The van der Waals surface area contributed by atoms with Gasteiger partial charge in [-0.05, 0) is 12.2 Å². The monoisotopic (exact) mass is 234 g/mol. The third kappa shape index (κ3) is 4.03. The lowest BCUT2D eigenvalue weighted by atomic mass is 10.3. The van der Waals surface area contributed by atoms with Crippen molar-refractivity contribution in [3.05, 3.63) is 12.2 Å². The van der Waals surface area contributed by atoms with Gasteiger partial charge < -0.3 is 4.74 Å². The van der Waals surface area contributed by atoms with Crippen LogP contribution < -0.4 is 0 Å². The first-order chi connectivity index (χ1) is 7.38. The summed E-state index contributed by atoms with van der Waals surface area (Å²) in [5.74, 6) is -0.813. The standard InChI is InChI=1S/C8H5F3N2O3/c9-8(10,11)4-16-7(15)13-5-2-1-3-12-6(5)14/h1-3H,4H2/b13-5-. The molecule has 0 aromatic heterocycles. The van der Waals surface area contributed by atoms with Gasteiger partial charge in [-0.2, -0.15) is 18.2 Å². The molecule has 1 heterocycles. The molecule has 1 aliphatic heterocycles. The van der Waals surface area contributed by atoms with Gasteiger partial charge in [0.15, 0.2) is 6.61 Å². The number of carbonyl (C=O) groups is 2. The van der Waals surface area contributed by atoms with Crippen molar-refractivity contribution in [1.82, 2.24) is 0 Å². The first-order valence-corrected chi connectivity index (χ1v) is 3.96. The highest BCUT2D eigenvalue weighted by Gasteiger charge is 2.29. The lowest BCUT2D eigenvalue weighted by Gasteiger charge is -2.05. The number of nitrogens with zero attached hydrogens (tertiary/aromatic N) is 2. The van der Waals surface area contributed by atoms with E-state index in [0.29, 0.717) is 0 Å². The Bertz CT molecular complexity index is 396. The van der Waals surface area contributed by atoms with Gasteiger partial charge in [0.25, 0.3) is 5.91 Å². The minimum atomic E-state index is -4.62. The number of dihydropyridines is 1. The highest BCUT2D eigenvalue weighted by atomic mass is 19.4. The van der Waals surface area contributed by atoms with Crippen LogP contribution in [0.2, 0.25) is 0 Å². The summed E-state index contributed by atoms with van der Waals surface area (Å²) in [6.07, 6.45) is -2.48. The van der Waals surface area contributed by atoms with E-state index in [1.165, 1.54) is 12.3 Å². The molecule has 0 spiro atoms. The molecule has 0 N–H and O–H groups in total. The summed E-state index contributed by atoms with van der Waals surface area (Å²) in [4.78, 5) is 28.0. The molecule has 0 aliphatic carbocycles. The van der Waals surface area contributed by atoms with Gasteiger partial charge in [0.05, 0.1) is 0 Å². The molecule has 0 aromatic rings. The Kier molecular flexibility index (Phi) is 3.54. The van der Waals surface area contributed by atoms with E-state index in [-0.39, 0.29) is 5.71 Å². The molecule has 0 saturated heterocycles. The average molecular weight is 234 g/mol. The summed E-state index contributed by atoms with van der Waals surface area (Å²) in [6, 6.07) is 0. The Labute approximate surface area is 87.3 Å². The molecule has 0 saturated carbocycles. The molecule has 1 rings (SSSR count). The Morgan fingerprint density at radius 2 is 2.19 bits per heavy atom. The molecule has 0 radical (unpaired) electrons. The minimum absolute atomic E-state index is 0.366. The Morgan fingerprint density at radius 1 is 1.50 bits per heavy atom. The lowest BCUT2D eigenvalue weighted by Crippen LogP contribution is -2.20. The normalized spacial score (nSPS) is 17.9.